The largest absolute Gasteiger partial charge is 0.467 e. The maximum Gasteiger partial charge on any atom is 0.328 e. The standard InChI is InChI=1S/C15H27NO3/c1-5-6-7-8-9-10-11-13(15(18)19-4)16-14(17)12(2)3/h5,12-13H,1,6-11H2,2-4H3,(H,16,17)/t13-/m0/s1. The Morgan fingerprint density at radius 3 is 2.37 bits per heavy atom. The van der Waals surface area contributed by atoms with Gasteiger partial charge in [-0.05, 0) is 19.3 Å². The number of rotatable bonds is 10. The summed E-state index contributed by atoms with van der Waals surface area (Å²) in [6.45, 7) is 7.29. The zero-order chi connectivity index (χ0) is 14.7. The van der Waals surface area contributed by atoms with Gasteiger partial charge in [-0.25, -0.2) is 4.79 Å². The normalized spacial score (nSPS) is 12.0. The lowest BCUT2D eigenvalue weighted by atomic mass is 10.1. The number of ether oxygens (including phenoxy) is 1. The van der Waals surface area contributed by atoms with Crippen molar-refractivity contribution in [3.63, 3.8) is 0 Å². The molecule has 4 nitrogen and oxygen atoms in total. The number of hydrogen-bond donors (Lipinski definition) is 1. The third kappa shape index (κ3) is 8.41. The van der Waals surface area contributed by atoms with Crippen LogP contribution in [0.5, 0.6) is 0 Å². The van der Waals surface area contributed by atoms with E-state index in [0.29, 0.717) is 6.42 Å². The molecule has 0 aliphatic carbocycles. The van der Waals surface area contributed by atoms with Crippen molar-refractivity contribution in [3.05, 3.63) is 12.7 Å². The van der Waals surface area contributed by atoms with E-state index in [-0.39, 0.29) is 17.8 Å². The molecule has 0 aromatic heterocycles. The third-order valence-electron chi connectivity index (χ3n) is 2.98. The van der Waals surface area contributed by atoms with E-state index >= 15 is 0 Å². The van der Waals surface area contributed by atoms with Gasteiger partial charge in [0.05, 0.1) is 7.11 Å². The summed E-state index contributed by atoms with van der Waals surface area (Å²) in [7, 11) is 1.35. The van der Waals surface area contributed by atoms with E-state index in [1.807, 2.05) is 6.08 Å². The number of unbranched alkanes of at least 4 members (excludes halogenated alkanes) is 4. The molecule has 19 heavy (non-hydrogen) atoms. The van der Waals surface area contributed by atoms with Gasteiger partial charge < -0.3 is 10.1 Å². The van der Waals surface area contributed by atoms with Crippen LogP contribution in [0.4, 0.5) is 0 Å². The van der Waals surface area contributed by atoms with Crippen molar-refractivity contribution in [2.45, 2.75) is 58.4 Å². The molecule has 0 aliphatic rings. The number of esters is 1. The Hall–Kier alpha value is -1.32. The van der Waals surface area contributed by atoms with Crippen LogP contribution in [0.2, 0.25) is 0 Å². The van der Waals surface area contributed by atoms with Crippen molar-refractivity contribution in [1.29, 1.82) is 0 Å². The summed E-state index contributed by atoms with van der Waals surface area (Å²) < 4.78 is 4.72. The zero-order valence-corrected chi connectivity index (χ0v) is 12.4. The van der Waals surface area contributed by atoms with Crippen LogP contribution in [0, 0.1) is 5.92 Å². The van der Waals surface area contributed by atoms with Gasteiger partial charge >= 0.3 is 5.97 Å². The molecule has 0 aliphatic heterocycles. The molecule has 0 saturated heterocycles. The summed E-state index contributed by atoms with van der Waals surface area (Å²) in [5, 5.41) is 2.74. The molecule has 1 N–H and O–H groups in total. The molecule has 0 heterocycles. The number of methoxy groups -OCH3 is 1. The van der Waals surface area contributed by atoms with Gasteiger partial charge in [-0.2, -0.15) is 0 Å². The topological polar surface area (TPSA) is 55.4 Å². The van der Waals surface area contributed by atoms with Crippen LogP contribution < -0.4 is 5.32 Å². The number of carbonyl (C=O) groups is 2. The second-order valence-corrected chi connectivity index (χ2v) is 5.02. The molecule has 110 valence electrons. The quantitative estimate of drug-likeness (QED) is 0.377. The first-order valence-corrected chi connectivity index (χ1v) is 7.02. The molecule has 0 rings (SSSR count). The van der Waals surface area contributed by atoms with E-state index in [4.69, 9.17) is 4.74 Å². The molecule has 0 radical (unpaired) electrons. The SMILES string of the molecule is C=CCCCCCC[C@H](NC(=O)C(C)C)C(=O)OC. The predicted molar refractivity (Wildman–Crippen MR) is 76.7 cm³/mol. The molecule has 1 amide bonds. The maximum absolute atomic E-state index is 11.6. The monoisotopic (exact) mass is 269 g/mol. The number of carbonyl (C=O) groups excluding carboxylic acids is 2. The van der Waals surface area contributed by atoms with Gasteiger partial charge in [0.25, 0.3) is 0 Å². The zero-order valence-electron chi connectivity index (χ0n) is 12.4. The fourth-order valence-electron chi connectivity index (χ4n) is 1.72. The number of allylic oxidation sites excluding steroid dienone is 1. The average molecular weight is 269 g/mol. The van der Waals surface area contributed by atoms with Gasteiger partial charge in [0.1, 0.15) is 6.04 Å². The highest BCUT2D eigenvalue weighted by atomic mass is 16.5. The summed E-state index contributed by atoms with van der Waals surface area (Å²) in [5.74, 6) is -0.595. The lowest BCUT2D eigenvalue weighted by Crippen LogP contribution is -2.43. The average Bonchev–Trinajstić information content (AvgIpc) is 2.39. The van der Waals surface area contributed by atoms with E-state index in [2.05, 4.69) is 11.9 Å². The minimum absolute atomic E-state index is 0.109. The van der Waals surface area contributed by atoms with E-state index in [1.54, 1.807) is 13.8 Å². The fourth-order valence-corrected chi connectivity index (χ4v) is 1.72. The van der Waals surface area contributed by atoms with Crippen LogP contribution in [0.25, 0.3) is 0 Å². The molecule has 1 atom stereocenters. The Bertz CT molecular complexity index is 287. The molecule has 0 saturated carbocycles. The van der Waals surface area contributed by atoms with Crippen LogP contribution >= 0.6 is 0 Å². The summed E-state index contributed by atoms with van der Waals surface area (Å²) in [6.07, 6.45) is 7.81. The van der Waals surface area contributed by atoms with Crippen molar-refractivity contribution >= 4 is 11.9 Å². The van der Waals surface area contributed by atoms with Gasteiger partial charge in [-0.3, -0.25) is 4.79 Å². The van der Waals surface area contributed by atoms with Crippen LogP contribution in [0.15, 0.2) is 12.7 Å². The maximum atomic E-state index is 11.6. The fraction of sp³-hybridized carbons (Fsp3) is 0.733. The van der Waals surface area contributed by atoms with Gasteiger partial charge in [0.2, 0.25) is 5.91 Å². The second kappa shape index (κ2) is 10.6. The summed E-state index contributed by atoms with van der Waals surface area (Å²) in [6, 6.07) is -0.515. The molecule has 4 heteroatoms. The molecular weight excluding hydrogens is 242 g/mol. The Morgan fingerprint density at radius 1 is 1.21 bits per heavy atom. The van der Waals surface area contributed by atoms with Gasteiger partial charge in [-0.1, -0.05) is 39.2 Å². The van der Waals surface area contributed by atoms with E-state index < -0.39 is 6.04 Å². The summed E-state index contributed by atoms with van der Waals surface area (Å²) in [4.78, 5) is 23.2. The van der Waals surface area contributed by atoms with Crippen molar-refractivity contribution in [2.75, 3.05) is 7.11 Å². The highest BCUT2D eigenvalue weighted by Gasteiger charge is 2.21. The molecule has 0 aromatic carbocycles. The first kappa shape index (κ1) is 17.7. The van der Waals surface area contributed by atoms with Crippen LogP contribution in [-0.4, -0.2) is 25.0 Å². The molecule has 0 bridgehead atoms. The smallest absolute Gasteiger partial charge is 0.328 e. The van der Waals surface area contributed by atoms with Crippen molar-refractivity contribution in [2.24, 2.45) is 5.92 Å². The molecular formula is C15H27NO3. The van der Waals surface area contributed by atoms with Crippen molar-refractivity contribution in [3.8, 4) is 0 Å². The Balaban J connectivity index is 4.04. The first-order valence-electron chi connectivity index (χ1n) is 7.02. The lowest BCUT2D eigenvalue weighted by molar-refractivity contribution is -0.145. The second-order valence-electron chi connectivity index (χ2n) is 5.02. The molecule has 0 fully saturated rings. The Morgan fingerprint density at radius 2 is 1.84 bits per heavy atom. The van der Waals surface area contributed by atoms with Gasteiger partial charge in [-0.15, -0.1) is 6.58 Å². The number of hydrogen-bond acceptors (Lipinski definition) is 3. The molecule has 0 aromatic rings. The Kier molecular flexibility index (Phi) is 9.85. The number of nitrogens with one attached hydrogen (secondary N) is 1. The van der Waals surface area contributed by atoms with Gasteiger partial charge in [0.15, 0.2) is 0 Å². The van der Waals surface area contributed by atoms with Crippen molar-refractivity contribution < 1.29 is 14.3 Å². The highest BCUT2D eigenvalue weighted by Crippen LogP contribution is 2.09. The minimum atomic E-state index is -0.515. The van der Waals surface area contributed by atoms with E-state index in [9.17, 15) is 9.59 Å². The first-order chi connectivity index (χ1) is 9.02. The summed E-state index contributed by atoms with van der Waals surface area (Å²) >= 11 is 0. The summed E-state index contributed by atoms with van der Waals surface area (Å²) in [5.41, 5.74) is 0. The third-order valence-corrected chi connectivity index (χ3v) is 2.98. The van der Waals surface area contributed by atoms with Crippen LogP contribution in [-0.2, 0) is 14.3 Å². The molecule has 0 spiro atoms. The molecule has 0 unspecified atom stereocenters. The predicted octanol–water partition coefficient (Wildman–Crippen LogP) is 2.83. The van der Waals surface area contributed by atoms with Crippen LogP contribution in [0.1, 0.15) is 52.4 Å². The highest BCUT2D eigenvalue weighted by molar-refractivity contribution is 5.85. The van der Waals surface area contributed by atoms with Crippen LogP contribution in [0.3, 0.4) is 0 Å². The van der Waals surface area contributed by atoms with E-state index in [0.717, 1.165) is 32.1 Å². The number of amides is 1. The lowest BCUT2D eigenvalue weighted by Gasteiger charge is -2.17. The van der Waals surface area contributed by atoms with Gasteiger partial charge in [0, 0.05) is 5.92 Å². The minimum Gasteiger partial charge on any atom is -0.467 e. The van der Waals surface area contributed by atoms with E-state index in [1.165, 1.54) is 7.11 Å². The Labute approximate surface area is 116 Å². The van der Waals surface area contributed by atoms with Crippen molar-refractivity contribution in [1.82, 2.24) is 5.32 Å².